The second kappa shape index (κ2) is 8.02. The van der Waals surface area contributed by atoms with Crippen LogP contribution in [0.4, 0.5) is 27.5 Å². The van der Waals surface area contributed by atoms with E-state index in [0.717, 1.165) is 43.4 Å². The molecule has 1 aliphatic rings. The molecule has 0 atom stereocenters. The Kier molecular flexibility index (Phi) is 5.30. The van der Waals surface area contributed by atoms with Crippen molar-refractivity contribution >= 4 is 34.7 Å². The average molecular weight is 398 g/mol. The topological polar surface area (TPSA) is 44.3 Å². The maximum atomic E-state index is 14.0. The fourth-order valence-electron chi connectivity index (χ4n) is 3.29. The maximum Gasteiger partial charge on any atom is 0.227 e. The molecule has 0 bridgehead atoms. The van der Waals surface area contributed by atoms with Gasteiger partial charge in [0.1, 0.15) is 11.6 Å². The lowest BCUT2D eigenvalue weighted by Crippen LogP contribution is -2.47. The van der Waals surface area contributed by atoms with Crippen molar-refractivity contribution in [2.75, 3.05) is 41.3 Å². The summed E-state index contributed by atoms with van der Waals surface area (Å²) in [6, 6.07) is 16.3. The minimum atomic E-state index is -0.183. The molecule has 1 aromatic heterocycles. The lowest BCUT2D eigenvalue weighted by atomic mass is 10.2. The molecule has 5 nitrogen and oxygen atoms in total. The summed E-state index contributed by atoms with van der Waals surface area (Å²) in [5.41, 5.74) is 2.45. The van der Waals surface area contributed by atoms with Crippen molar-refractivity contribution in [3.63, 3.8) is 0 Å². The van der Waals surface area contributed by atoms with E-state index in [1.807, 2.05) is 49.4 Å². The monoisotopic (exact) mass is 397 g/mol. The number of nitrogens with one attached hydrogen (secondary N) is 1. The van der Waals surface area contributed by atoms with Crippen LogP contribution >= 0.6 is 11.6 Å². The van der Waals surface area contributed by atoms with Gasteiger partial charge in [-0.25, -0.2) is 9.37 Å². The first-order valence-corrected chi connectivity index (χ1v) is 9.59. The molecule has 28 heavy (non-hydrogen) atoms. The van der Waals surface area contributed by atoms with Gasteiger partial charge in [-0.3, -0.25) is 0 Å². The largest absolute Gasteiger partial charge is 0.366 e. The van der Waals surface area contributed by atoms with Gasteiger partial charge in [0.15, 0.2) is 0 Å². The molecule has 1 fully saturated rings. The van der Waals surface area contributed by atoms with Crippen LogP contribution in [0.5, 0.6) is 0 Å². The van der Waals surface area contributed by atoms with E-state index in [0.29, 0.717) is 16.7 Å². The zero-order valence-electron chi connectivity index (χ0n) is 15.6. The van der Waals surface area contributed by atoms with Gasteiger partial charge in [-0.2, -0.15) is 4.98 Å². The first kappa shape index (κ1) is 18.5. The minimum Gasteiger partial charge on any atom is -0.366 e. The number of hydrogen-bond donors (Lipinski definition) is 1. The van der Waals surface area contributed by atoms with E-state index in [9.17, 15) is 4.39 Å². The molecule has 7 heteroatoms. The summed E-state index contributed by atoms with van der Waals surface area (Å²) in [6.07, 6.45) is 0. The van der Waals surface area contributed by atoms with E-state index in [1.54, 1.807) is 6.07 Å². The second-order valence-electron chi connectivity index (χ2n) is 6.75. The molecule has 0 saturated carbocycles. The van der Waals surface area contributed by atoms with E-state index < -0.39 is 0 Å². The summed E-state index contributed by atoms with van der Waals surface area (Å²) in [4.78, 5) is 13.5. The van der Waals surface area contributed by atoms with Gasteiger partial charge in [0, 0.05) is 48.6 Å². The standard InChI is InChI=1S/C21H21ClFN5/c1-15-14-20(25-17-8-6-16(22)7-9-17)26-21(24-15)28-12-10-27(11-13-28)19-5-3-2-4-18(19)23/h2-9,14H,10-13H2,1H3,(H,24,25,26). The van der Waals surface area contributed by atoms with Crippen molar-refractivity contribution in [3.8, 4) is 0 Å². The van der Waals surface area contributed by atoms with Crippen molar-refractivity contribution in [3.05, 3.63) is 71.1 Å². The van der Waals surface area contributed by atoms with Crippen LogP contribution in [0, 0.1) is 12.7 Å². The zero-order valence-corrected chi connectivity index (χ0v) is 16.3. The quantitative estimate of drug-likeness (QED) is 0.694. The van der Waals surface area contributed by atoms with Gasteiger partial charge in [-0.1, -0.05) is 23.7 Å². The fourth-order valence-corrected chi connectivity index (χ4v) is 3.42. The van der Waals surface area contributed by atoms with Crippen molar-refractivity contribution in [1.82, 2.24) is 9.97 Å². The van der Waals surface area contributed by atoms with Crippen molar-refractivity contribution in [1.29, 1.82) is 0 Å². The maximum absolute atomic E-state index is 14.0. The Morgan fingerprint density at radius 3 is 2.32 bits per heavy atom. The Bertz CT molecular complexity index is 955. The van der Waals surface area contributed by atoms with Gasteiger partial charge >= 0.3 is 0 Å². The molecule has 1 aliphatic heterocycles. The summed E-state index contributed by atoms with van der Waals surface area (Å²) < 4.78 is 14.0. The Labute approximate surface area is 168 Å². The van der Waals surface area contributed by atoms with Crippen LogP contribution in [-0.4, -0.2) is 36.1 Å². The summed E-state index contributed by atoms with van der Waals surface area (Å²) in [6.45, 7) is 4.86. The van der Waals surface area contributed by atoms with Crippen molar-refractivity contribution < 1.29 is 4.39 Å². The van der Waals surface area contributed by atoms with Gasteiger partial charge < -0.3 is 15.1 Å². The average Bonchev–Trinajstić information content (AvgIpc) is 2.70. The smallest absolute Gasteiger partial charge is 0.227 e. The van der Waals surface area contributed by atoms with Crippen molar-refractivity contribution in [2.24, 2.45) is 0 Å². The van der Waals surface area contributed by atoms with E-state index in [1.165, 1.54) is 6.07 Å². The summed E-state index contributed by atoms with van der Waals surface area (Å²) >= 11 is 5.94. The number of hydrogen-bond acceptors (Lipinski definition) is 5. The van der Waals surface area contributed by atoms with E-state index in [4.69, 9.17) is 11.6 Å². The van der Waals surface area contributed by atoms with Gasteiger partial charge in [0.2, 0.25) is 5.95 Å². The van der Waals surface area contributed by atoms with Crippen LogP contribution in [0.1, 0.15) is 5.69 Å². The SMILES string of the molecule is Cc1cc(Nc2ccc(Cl)cc2)nc(N2CCN(c3ccccc3F)CC2)n1. The molecule has 2 aromatic carbocycles. The highest BCUT2D eigenvalue weighted by Crippen LogP contribution is 2.23. The van der Waals surface area contributed by atoms with E-state index >= 15 is 0 Å². The predicted molar refractivity (Wildman–Crippen MR) is 112 cm³/mol. The van der Waals surface area contributed by atoms with Gasteiger partial charge in [-0.15, -0.1) is 0 Å². The third-order valence-electron chi connectivity index (χ3n) is 4.71. The fraction of sp³-hybridized carbons (Fsp3) is 0.238. The van der Waals surface area contributed by atoms with Crippen LogP contribution in [0.25, 0.3) is 0 Å². The first-order chi connectivity index (χ1) is 13.6. The number of aryl methyl sites for hydroxylation is 1. The Morgan fingerprint density at radius 1 is 0.929 bits per heavy atom. The molecule has 0 amide bonds. The molecule has 0 spiro atoms. The molecule has 1 N–H and O–H groups in total. The third kappa shape index (κ3) is 4.17. The molecular formula is C21H21ClFN5. The van der Waals surface area contributed by atoms with Crippen LogP contribution in [0.15, 0.2) is 54.6 Å². The molecule has 0 unspecified atom stereocenters. The second-order valence-corrected chi connectivity index (χ2v) is 7.19. The minimum absolute atomic E-state index is 0.183. The van der Waals surface area contributed by atoms with E-state index in [2.05, 4.69) is 25.1 Å². The Hall–Kier alpha value is -2.86. The van der Waals surface area contributed by atoms with Gasteiger partial charge in [-0.05, 0) is 43.3 Å². The van der Waals surface area contributed by atoms with E-state index in [-0.39, 0.29) is 5.82 Å². The number of aromatic nitrogens is 2. The third-order valence-corrected chi connectivity index (χ3v) is 4.97. The first-order valence-electron chi connectivity index (χ1n) is 9.21. The zero-order chi connectivity index (χ0) is 19.5. The number of nitrogens with zero attached hydrogens (tertiary/aromatic N) is 4. The Morgan fingerprint density at radius 2 is 1.61 bits per heavy atom. The number of para-hydroxylation sites is 1. The molecule has 0 radical (unpaired) electrons. The number of halogens is 2. The summed E-state index contributed by atoms with van der Waals surface area (Å²) in [5.74, 6) is 1.24. The van der Waals surface area contributed by atoms with Crippen LogP contribution in [-0.2, 0) is 0 Å². The van der Waals surface area contributed by atoms with Crippen LogP contribution < -0.4 is 15.1 Å². The lowest BCUT2D eigenvalue weighted by Gasteiger charge is -2.36. The molecule has 0 aliphatic carbocycles. The number of piperazine rings is 1. The van der Waals surface area contributed by atoms with Gasteiger partial charge in [0.25, 0.3) is 0 Å². The number of benzene rings is 2. The Balaban J connectivity index is 1.47. The van der Waals surface area contributed by atoms with Crippen LogP contribution in [0.2, 0.25) is 5.02 Å². The molecule has 1 saturated heterocycles. The normalized spacial score (nSPS) is 14.2. The molecule has 3 aromatic rings. The summed E-state index contributed by atoms with van der Waals surface area (Å²) in [5, 5.41) is 3.99. The van der Waals surface area contributed by atoms with Crippen LogP contribution in [0.3, 0.4) is 0 Å². The molecule has 4 rings (SSSR count). The highest BCUT2D eigenvalue weighted by atomic mass is 35.5. The number of anilines is 4. The number of rotatable bonds is 4. The van der Waals surface area contributed by atoms with Gasteiger partial charge in [0.05, 0.1) is 5.69 Å². The molecule has 2 heterocycles. The highest BCUT2D eigenvalue weighted by molar-refractivity contribution is 6.30. The lowest BCUT2D eigenvalue weighted by molar-refractivity contribution is 0.594. The van der Waals surface area contributed by atoms with Crippen molar-refractivity contribution in [2.45, 2.75) is 6.92 Å². The summed E-state index contributed by atoms with van der Waals surface area (Å²) in [7, 11) is 0. The molecule has 144 valence electrons. The predicted octanol–water partition coefficient (Wildman–Crippen LogP) is 4.65. The molecular weight excluding hydrogens is 377 g/mol. The highest BCUT2D eigenvalue weighted by Gasteiger charge is 2.21.